The summed E-state index contributed by atoms with van der Waals surface area (Å²) >= 11 is 1.76. The Bertz CT molecular complexity index is 3600. The number of furan rings is 1. The minimum absolute atomic E-state index is 0.0784. The zero-order valence-corrected chi connectivity index (χ0v) is 32.5. The molecule has 3 aromatic heterocycles. The first-order valence-corrected chi connectivity index (χ1v) is 21.0. The number of nitrogens with zero attached hydrogens (tertiary/aromatic N) is 3. The van der Waals surface area contributed by atoms with Crippen molar-refractivity contribution in [3.63, 3.8) is 0 Å². The van der Waals surface area contributed by atoms with Crippen LogP contribution in [0.3, 0.4) is 0 Å². The standard InChI is InChI=1S/C54H33N3OS/c1-2-12-32(13-3-1)37-26-27-44-42(30-37)43-29-35-16-6-7-17-36(35)31-46(43)57(44)45-21-10-19-40-49-41(20-11-22-47(49)58-52(40)45)54-55-50(38-25-24-33-14-4-5-15-34(33)28-38)53-51(56-54)39-18-8-9-23-48(39)59-53/h1-31,42,44H. The fourth-order valence-electron chi connectivity index (χ4n) is 9.64. The zero-order chi connectivity index (χ0) is 38.6. The second-order valence-electron chi connectivity index (χ2n) is 15.7. The lowest BCUT2D eigenvalue weighted by Crippen LogP contribution is -2.29. The lowest BCUT2D eigenvalue weighted by atomic mass is 9.85. The Morgan fingerprint density at radius 2 is 1.32 bits per heavy atom. The van der Waals surface area contributed by atoms with Gasteiger partial charge in [-0.05, 0) is 74.6 Å². The molecule has 8 aromatic carbocycles. The summed E-state index contributed by atoms with van der Waals surface area (Å²) in [6.45, 7) is 0. The fourth-order valence-corrected chi connectivity index (χ4v) is 10.8. The second kappa shape index (κ2) is 12.6. The summed E-state index contributed by atoms with van der Waals surface area (Å²) in [7, 11) is 0. The number of allylic oxidation sites excluding steroid dienone is 2. The van der Waals surface area contributed by atoms with E-state index < -0.39 is 0 Å². The quantitative estimate of drug-likeness (QED) is 0.179. The summed E-state index contributed by atoms with van der Waals surface area (Å²) in [6.07, 6.45) is 7.13. The first kappa shape index (κ1) is 32.7. The maximum atomic E-state index is 7.00. The minimum Gasteiger partial charge on any atom is -0.454 e. The maximum Gasteiger partial charge on any atom is 0.161 e. The molecule has 4 heterocycles. The first-order chi connectivity index (χ1) is 29.2. The van der Waals surface area contributed by atoms with Crippen molar-refractivity contribution in [2.75, 3.05) is 4.90 Å². The molecule has 0 radical (unpaired) electrons. The number of anilines is 2. The van der Waals surface area contributed by atoms with Gasteiger partial charge in [0, 0.05) is 43.6 Å². The van der Waals surface area contributed by atoms with Crippen molar-refractivity contribution < 1.29 is 4.42 Å². The van der Waals surface area contributed by atoms with E-state index in [1.807, 2.05) is 0 Å². The Hall–Kier alpha value is -7.34. The predicted octanol–water partition coefficient (Wildman–Crippen LogP) is 14.6. The van der Waals surface area contributed by atoms with Gasteiger partial charge in [-0.25, -0.2) is 9.97 Å². The van der Waals surface area contributed by atoms with Crippen LogP contribution >= 0.6 is 11.3 Å². The summed E-state index contributed by atoms with van der Waals surface area (Å²) in [6, 6.07) is 60.8. The smallest absolute Gasteiger partial charge is 0.161 e. The van der Waals surface area contributed by atoms with Crippen LogP contribution in [0.1, 0.15) is 17.0 Å². The molecule has 2 unspecified atom stereocenters. The summed E-state index contributed by atoms with van der Waals surface area (Å²) in [5.74, 6) is 0.855. The van der Waals surface area contributed by atoms with Crippen LogP contribution in [0.15, 0.2) is 193 Å². The molecule has 11 aromatic rings. The summed E-state index contributed by atoms with van der Waals surface area (Å²) in [4.78, 5) is 13.4. The van der Waals surface area contributed by atoms with Crippen LogP contribution < -0.4 is 4.90 Å². The van der Waals surface area contributed by atoms with Crippen LogP contribution in [0.2, 0.25) is 0 Å². The molecule has 59 heavy (non-hydrogen) atoms. The molecule has 0 saturated heterocycles. The van der Waals surface area contributed by atoms with Crippen LogP contribution in [0, 0.1) is 0 Å². The van der Waals surface area contributed by atoms with Gasteiger partial charge in [0.05, 0.1) is 27.6 Å². The van der Waals surface area contributed by atoms with E-state index in [2.05, 4.69) is 193 Å². The van der Waals surface area contributed by atoms with Crippen molar-refractivity contribution >= 4 is 92.1 Å². The average molecular weight is 772 g/mol. The van der Waals surface area contributed by atoms with Gasteiger partial charge in [-0.15, -0.1) is 11.3 Å². The molecule has 0 fully saturated rings. The Morgan fingerprint density at radius 1 is 0.576 bits per heavy atom. The van der Waals surface area contributed by atoms with Gasteiger partial charge in [-0.1, -0.05) is 152 Å². The van der Waals surface area contributed by atoms with Gasteiger partial charge in [0.25, 0.3) is 0 Å². The number of fused-ring (bicyclic) bond motifs is 11. The lowest BCUT2D eigenvalue weighted by Gasteiger charge is -2.29. The summed E-state index contributed by atoms with van der Waals surface area (Å²) in [5, 5.41) is 8.08. The summed E-state index contributed by atoms with van der Waals surface area (Å²) < 4.78 is 9.30. The van der Waals surface area contributed by atoms with Crippen LogP contribution in [-0.4, -0.2) is 16.0 Å². The van der Waals surface area contributed by atoms with E-state index in [0.717, 1.165) is 60.0 Å². The lowest BCUT2D eigenvalue weighted by molar-refractivity contribution is 0.664. The van der Waals surface area contributed by atoms with Gasteiger partial charge in [0.2, 0.25) is 0 Å². The average Bonchev–Trinajstić information content (AvgIpc) is 3.97. The van der Waals surface area contributed by atoms with Crippen molar-refractivity contribution in [2.24, 2.45) is 0 Å². The number of benzene rings is 8. The van der Waals surface area contributed by atoms with E-state index >= 15 is 0 Å². The van der Waals surface area contributed by atoms with Crippen LogP contribution in [0.25, 0.3) is 92.0 Å². The van der Waals surface area contributed by atoms with Crippen LogP contribution in [0.4, 0.5) is 11.4 Å². The first-order valence-electron chi connectivity index (χ1n) is 20.1. The molecular weight excluding hydrogens is 739 g/mol. The van der Waals surface area contributed by atoms with Gasteiger partial charge in [0.15, 0.2) is 11.4 Å². The Kier molecular flexibility index (Phi) is 6.97. The highest BCUT2D eigenvalue weighted by Gasteiger charge is 2.40. The van der Waals surface area contributed by atoms with E-state index in [1.165, 1.54) is 48.6 Å². The van der Waals surface area contributed by atoms with Gasteiger partial charge >= 0.3 is 0 Å². The van der Waals surface area contributed by atoms with E-state index in [4.69, 9.17) is 14.4 Å². The molecule has 5 heteroatoms. The fraction of sp³-hybridized carbons (Fsp3) is 0.0370. The SMILES string of the molecule is C1=CC2C(C=C1c1ccccc1)c1cc3ccccc3cc1N2c1cccc2c1oc1cccc(-c3nc(-c4ccc5ccccc5c4)c4sc5ccccc5c4n3)c12. The van der Waals surface area contributed by atoms with E-state index in [9.17, 15) is 0 Å². The highest BCUT2D eigenvalue weighted by molar-refractivity contribution is 7.26. The second-order valence-corrected chi connectivity index (χ2v) is 16.7. The third-order valence-electron chi connectivity index (χ3n) is 12.4. The third-order valence-corrected chi connectivity index (χ3v) is 13.5. The number of hydrogen-bond donors (Lipinski definition) is 0. The molecule has 0 N–H and O–H groups in total. The molecule has 0 saturated carbocycles. The number of hydrogen-bond acceptors (Lipinski definition) is 5. The van der Waals surface area contributed by atoms with Crippen LogP contribution in [-0.2, 0) is 0 Å². The molecule has 1 aliphatic heterocycles. The molecule has 4 nitrogen and oxygen atoms in total. The van der Waals surface area contributed by atoms with Crippen molar-refractivity contribution in [3.05, 3.63) is 199 Å². The van der Waals surface area contributed by atoms with Gasteiger partial charge < -0.3 is 9.32 Å². The van der Waals surface area contributed by atoms with E-state index in [-0.39, 0.29) is 12.0 Å². The van der Waals surface area contributed by atoms with Gasteiger partial charge in [-0.3, -0.25) is 0 Å². The molecule has 2 atom stereocenters. The number of para-hydroxylation sites is 1. The van der Waals surface area contributed by atoms with E-state index in [0.29, 0.717) is 5.82 Å². The topological polar surface area (TPSA) is 42.2 Å². The highest BCUT2D eigenvalue weighted by Crippen LogP contribution is 2.53. The Labute approximate surface area is 343 Å². The van der Waals surface area contributed by atoms with Gasteiger partial charge in [0.1, 0.15) is 5.58 Å². The molecule has 2 aliphatic rings. The molecule has 0 bridgehead atoms. The molecule has 1 aliphatic carbocycles. The predicted molar refractivity (Wildman–Crippen MR) is 247 cm³/mol. The number of aromatic nitrogens is 2. The summed E-state index contributed by atoms with van der Waals surface area (Å²) in [5.41, 5.74) is 11.7. The minimum atomic E-state index is 0.0784. The molecule has 13 rings (SSSR count). The van der Waals surface area contributed by atoms with Gasteiger partial charge in [-0.2, -0.15) is 0 Å². The van der Waals surface area contributed by atoms with E-state index in [1.54, 1.807) is 11.3 Å². The Morgan fingerprint density at radius 3 is 2.20 bits per heavy atom. The maximum absolute atomic E-state index is 7.00. The monoisotopic (exact) mass is 771 g/mol. The van der Waals surface area contributed by atoms with Crippen molar-refractivity contribution in [1.29, 1.82) is 0 Å². The van der Waals surface area contributed by atoms with Crippen LogP contribution in [0.5, 0.6) is 0 Å². The molecule has 0 spiro atoms. The van der Waals surface area contributed by atoms with Crippen molar-refractivity contribution in [1.82, 2.24) is 9.97 Å². The number of rotatable bonds is 4. The molecular formula is C54H33N3OS. The van der Waals surface area contributed by atoms with Crippen molar-refractivity contribution in [3.8, 4) is 22.6 Å². The normalized spacial score (nSPS) is 16.1. The Balaban J connectivity index is 1.02. The molecule has 276 valence electrons. The third kappa shape index (κ3) is 4.95. The molecule has 0 amide bonds. The highest BCUT2D eigenvalue weighted by atomic mass is 32.1. The number of thiophene rings is 1. The largest absolute Gasteiger partial charge is 0.454 e. The van der Waals surface area contributed by atoms with Crippen molar-refractivity contribution in [2.45, 2.75) is 12.0 Å². The zero-order valence-electron chi connectivity index (χ0n) is 31.7.